The molecule has 2 aromatic rings. The molecule has 0 aliphatic heterocycles. The average molecular weight is 268 g/mol. The van der Waals surface area contributed by atoms with Crippen molar-refractivity contribution in [2.24, 2.45) is 0 Å². The Hall–Kier alpha value is -1.03. The predicted octanol–water partition coefficient (Wildman–Crippen LogP) is 3.76. The summed E-state index contributed by atoms with van der Waals surface area (Å²) in [6, 6.07) is 5.84. The van der Waals surface area contributed by atoms with Crippen molar-refractivity contribution in [2.75, 3.05) is 13.2 Å². The van der Waals surface area contributed by atoms with Crippen molar-refractivity contribution in [2.45, 2.75) is 26.6 Å². The normalized spacial score (nSPS) is 11.6. The van der Waals surface area contributed by atoms with Gasteiger partial charge in [0.25, 0.3) is 0 Å². The van der Waals surface area contributed by atoms with Gasteiger partial charge >= 0.3 is 0 Å². The van der Waals surface area contributed by atoms with Crippen LogP contribution in [-0.4, -0.2) is 24.5 Å². The molecule has 0 unspecified atom stereocenters. The molecular formula is C14H18ClNO2. The van der Waals surface area contributed by atoms with Gasteiger partial charge in [-0.1, -0.05) is 11.6 Å². The molecule has 0 saturated heterocycles. The Morgan fingerprint density at radius 1 is 1.22 bits per heavy atom. The quantitative estimate of drug-likeness (QED) is 0.809. The van der Waals surface area contributed by atoms with E-state index in [-0.39, 0.29) is 6.29 Å². The molecular weight excluding hydrogens is 250 g/mol. The van der Waals surface area contributed by atoms with Gasteiger partial charge in [-0.2, -0.15) is 0 Å². The second-order valence-electron chi connectivity index (χ2n) is 4.05. The van der Waals surface area contributed by atoms with Crippen molar-refractivity contribution in [1.29, 1.82) is 0 Å². The second kappa shape index (κ2) is 6.23. The molecule has 0 fully saturated rings. The number of H-pyrrole nitrogens is 1. The molecule has 98 valence electrons. The van der Waals surface area contributed by atoms with Crippen molar-refractivity contribution in [3.63, 3.8) is 0 Å². The lowest BCUT2D eigenvalue weighted by Gasteiger charge is -2.16. The molecule has 0 aliphatic carbocycles. The van der Waals surface area contributed by atoms with E-state index >= 15 is 0 Å². The summed E-state index contributed by atoms with van der Waals surface area (Å²) in [4.78, 5) is 3.24. The Labute approximate surface area is 112 Å². The van der Waals surface area contributed by atoms with Gasteiger partial charge in [-0.25, -0.2) is 0 Å². The molecule has 0 spiro atoms. The highest BCUT2D eigenvalue weighted by atomic mass is 35.5. The van der Waals surface area contributed by atoms with Gasteiger partial charge in [0.1, 0.15) is 0 Å². The maximum absolute atomic E-state index is 6.03. The van der Waals surface area contributed by atoms with Crippen LogP contribution in [0, 0.1) is 0 Å². The van der Waals surface area contributed by atoms with E-state index in [9.17, 15) is 0 Å². The highest BCUT2D eigenvalue weighted by Gasteiger charge is 2.12. The van der Waals surface area contributed by atoms with Crippen LogP contribution in [0.25, 0.3) is 10.9 Å². The fourth-order valence-corrected chi connectivity index (χ4v) is 2.21. The number of nitrogens with one attached hydrogen (secondary N) is 1. The molecule has 0 saturated carbocycles. The summed E-state index contributed by atoms with van der Waals surface area (Å²) in [5.74, 6) is 0. The smallest absolute Gasteiger partial charge is 0.161 e. The minimum absolute atomic E-state index is 0.196. The summed E-state index contributed by atoms with van der Waals surface area (Å²) in [5, 5.41) is 1.87. The first-order valence-electron chi connectivity index (χ1n) is 6.23. The van der Waals surface area contributed by atoms with E-state index in [4.69, 9.17) is 21.1 Å². The first-order valence-corrected chi connectivity index (χ1v) is 6.61. The molecule has 18 heavy (non-hydrogen) atoms. The monoisotopic (exact) mass is 267 g/mol. The SMILES string of the molecule is CCOC(Cc1c[nH]c2ccc(Cl)cc12)OCC. The molecule has 1 aromatic heterocycles. The van der Waals surface area contributed by atoms with E-state index in [1.54, 1.807) is 0 Å². The Balaban J connectivity index is 2.21. The number of aromatic nitrogens is 1. The van der Waals surface area contributed by atoms with Crippen molar-refractivity contribution in [3.8, 4) is 0 Å². The Morgan fingerprint density at radius 2 is 1.94 bits per heavy atom. The summed E-state index contributed by atoms with van der Waals surface area (Å²) < 4.78 is 11.1. The van der Waals surface area contributed by atoms with Gasteiger partial charge < -0.3 is 14.5 Å². The lowest BCUT2D eigenvalue weighted by Crippen LogP contribution is -2.19. The molecule has 1 aromatic carbocycles. The van der Waals surface area contributed by atoms with Gasteiger partial charge in [0.05, 0.1) is 0 Å². The van der Waals surface area contributed by atoms with Gasteiger partial charge in [-0.05, 0) is 37.6 Å². The summed E-state index contributed by atoms with van der Waals surface area (Å²) in [5.41, 5.74) is 2.25. The lowest BCUT2D eigenvalue weighted by molar-refractivity contribution is -0.134. The number of fused-ring (bicyclic) bond motifs is 1. The molecule has 1 N–H and O–H groups in total. The number of halogens is 1. The van der Waals surface area contributed by atoms with Crippen molar-refractivity contribution in [3.05, 3.63) is 35.0 Å². The highest BCUT2D eigenvalue weighted by Crippen LogP contribution is 2.24. The fraction of sp³-hybridized carbons (Fsp3) is 0.429. The highest BCUT2D eigenvalue weighted by molar-refractivity contribution is 6.31. The number of rotatable bonds is 6. The number of ether oxygens (including phenoxy) is 2. The topological polar surface area (TPSA) is 34.2 Å². The van der Waals surface area contributed by atoms with Crippen LogP contribution in [0.2, 0.25) is 5.02 Å². The third kappa shape index (κ3) is 3.05. The first kappa shape index (κ1) is 13.4. The minimum atomic E-state index is -0.196. The number of aromatic amines is 1. The average Bonchev–Trinajstić information content (AvgIpc) is 2.73. The van der Waals surface area contributed by atoms with Crippen LogP contribution in [0.4, 0.5) is 0 Å². The predicted molar refractivity (Wildman–Crippen MR) is 74.1 cm³/mol. The van der Waals surface area contributed by atoms with Crippen LogP contribution in [0.3, 0.4) is 0 Å². The summed E-state index contributed by atoms with van der Waals surface area (Å²) in [6.45, 7) is 5.23. The van der Waals surface area contributed by atoms with Crippen LogP contribution < -0.4 is 0 Å². The van der Waals surface area contributed by atoms with E-state index in [2.05, 4.69) is 4.98 Å². The van der Waals surface area contributed by atoms with Gasteiger partial charge in [-0.3, -0.25) is 0 Å². The van der Waals surface area contributed by atoms with Crippen molar-refractivity contribution >= 4 is 22.5 Å². The van der Waals surface area contributed by atoms with Crippen LogP contribution >= 0.6 is 11.6 Å². The molecule has 0 aliphatic rings. The van der Waals surface area contributed by atoms with E-state index in [0.29, 0.717) is 13.2 Å². The zero-order chi connectivity index (χ0) is 13.0. The fourth-order valence-electron chi connectivity index (χ4n) is 2.04. The van der Waals surface area contributed by atoms with Crippen LogP contribution in [0.1, 0.15) is 19.4 Å². The van der Waals surface area contributed by atoms with Crippen LogP contribution in [-0.2, 0) is 15.9 Å². The standard InChI is InChI=1S/C14H18ClNO2/c1-3-17-14(18-4-2)7-10-9-16-13-6-5-11(15)8-12(10)13/h5-6,8-9,14,16H,3-4,7H2,1-2H3. The maximum Gasteiger partial charge on any atom is 0.161 e. The number of hydrogen-bond acceptors (Lipinski definition) is 2. The molecule has 2 rings (SSSR count). The Morgan fingerprint density at radius 3 is 2.61 bits per heavy atom. The second-order valence-corrected chi connectivity index (χ2v) is 4.48. The lowest BCUT2D eigenvalue weighted by atomic mass is 10.1. The summed E-state index contributed by atoms with van der Waals surface area (Å²) in [6.07, 6.45) is 2.52. The first-order chi connectivity index (χ1) is 8.74. The van der Waals surface area contributed by atoms with E-state index in [0.717, 1.165) is 22.3 Å². The van der Waals surface area contributed by atoms with Crippen LogP contribution in [0.15, 0.2) is 24.4 Å². The molecule has 0 atom stereocenters. The largest absolute Gasteiger partial charge is 0.361 e. The Kier molecular flexibility index (Phi) is 4.64. The van der Waals surface area contributed by atoms with Gasteiger partial charge in [0.2, 0.25) is 0 Å². The van der Waals surface area contributed by atoms with Gasteiger partial charge in [-0.15, -0.1) is 0 Å². The molecule has 3 nitrogen and oxygen atoms in total. The van der Waals surface area contributed by atoms with E-state index in [1.165, 1.54) is 5.56 Å². The van der Waals surface area contributed by atoms with Crippen molar-refractivity contribution in [1.82, 2.24) is 4.98 Å². The zero-order valence-corrected chi connectivity index (χ0v) is 11.5. The molecule has 4 heteroatoms. The molecule has 0 bridgehead atoms. The third-order valence-corrected chi connectivity index (χ3v) is 3.06. The Bertz CT molecular complexity index is 503. The van der Waals surface area contributed by atoms with E-state index < -0.39 is 0 Å². The minimum Gasteiger partial charge on any atom is -0.361 e. The molecule has 0 amide bonds. The number of benzene rings is 1. The van der Waals surface area contributed by atoms with E-state index in [1.807, 2.05) is 38.2 Å². The van der Waals surface area contributed by atoms with Gasteiger partial charge in [0.15, 0.2) is 6.29 Å². The zero-order valence-electron chi connectivity index (χ0n) is 10.7. The third-order valence-electron chi connectivity index (χ3n) is 2.82. The summed E-state index contributed by atoms with van der Waals surface area (Å²) >= 11 is 6.03. The molecule has 0 radical (unpaired) electrons. The molecule has 1 heterocycles. The van der Waals surface area contributed by atoms with Crippen molar-refractivity contribution < 1.29 is 9.47 Å². The maximum atomic E-state index is 6.03. The van der Waals surface area contributed by atoms with Gasteiger partial charge in [0, 0.05) is 41.8 Å². The van der Waals surface area contributed by atoms with Crippen LogP contribution in [0.5, 0.6) is 0 Å². The number of hydrogen-bond donors (Lipinski definition) is 1. The summed E-state index contributed by atoms with van der Waals surface area (Å²) in [7, 11) is 0.